The van der Waals surface area contributed by atoms with Gasteiger partial charge < -0.3 is 14.6 Å². The van der Waals surface area contributed by atoms with E-state index >= 15 is 0 Å². The van der Waals surface area contributed by atoms with E-state index in [9.17, 15) is 9.59 Å². The van der Waals surface area contributed by atoms with Crippen molar-refractivity contribution in [1.82, 2.24) is 10.2 Å². The molecule has 122 valence electrons. The molecule has 0 saturated carbocycles. The molecule has 0 aliphatic carbocycles. The van der Waals surface area contributed by atoms with Crippen LogP contribution < -0.4 is 5.32 Å². The van der Waals surface area contributed by atoms with Crippen molar-refractivity contribution in [3.63, 3.8) is 0 Å². The van der Waals surface area contributed by atoms with Crippen LogP contribution in [0.5, 0.6) is 0 Å². The smallest absolute Gasteiger partial charge is 0.261 e. The molecule has 0 spiro atoms. The van der Waals surface area contributed by atoms with Crippen LogP contribution >= 0.6 is 11.3 Å². The predicted molar refractivity (Wildman–Crippen MR) is 88.9 cm³/mol. The fourth-order valence-corrected chi connectivity index (χ4v) is 3.59. The van der Waals surface area contributed by atoms with Crippen LogP contribution in [-0.4, -0.2) is 35.8 Å². The Morgan fingerprint density at radius 3 is 2.52 bits per heavy atom. The van der Waals surface area contributed by atoms with Crippen molar-refractivity contribution in [3.8, 4) is 0 Å². The van der Waals surface area contributed by atoms with E-state index in [-0.39, 0.29) is 17.9 Å². The number of amides is 2. The number of likely N-dealkylation sites (tertiary alicyclic amines) is 1. The highest BCUT2D eigenvalue weighted by molar-refractivity contribution is 7.13. The van der Waals surface area contributed by atoms with E-state index in [0.29, 0.717) is 24.4 Å². The van der Waals surface area contributed by atoms with Crippen LogP contribution in [0.25, 0.3) is 0 Å². The van der Waals surface area contributed by atoms with Crippen molar-refractivity contribution in [1.29, 1.82) is 0 Å². The lowest BCUT2D eigenvalue weighted by molar-refractivity contribution is 0.0697. The molecule has 0 bridgehead atoms. The van der Waals surface area contributed by atoms with Crippen molar-refractivity contribution in [2.45, 2.75) is 32.7 Å². The monoisotopic (exact) mass is 332 g/mol. The van der Waals surface area contributed by atoms with Gasteiger partial charge in [-0.1, -0.05) is 0 Å². The van der Waals surface area contributed by atoms with Crippen molar-refractivity contribution in [2.24, 2.45) is 0 Å². The van der Waals surface area contributed by atoms with Crippen LogP contribution in [0.15, 0.2) is 28.9 Å². The highest BCUT2D eigenvalue weighted by Gasteiger charge is 2.26. The van der Waals surface area contributed by atoms with Gasteiger partial charge in [0.25, 0.3) is 11.8 Å². The van der Waals surface area contributed by atoms with E-state index in [1.54, 1.807) is 19.3 Å². The first-order valence-electron chi connectivity index (χ1n) is 7.75. The number of aryl methyl sites for hydroxylation is 2. The molecule has 0 unspecified atom stereocenters. The molecule has 1 aliphatic heterocycles. The first-order chi connectivity index (χ1) is 11.0. The van der Waals surface area contributed by atoms with Gasteiger partial charge in [0, 0.05) is 24.0 Å². The fourth-order valence-electron chi connectivity index (χ4n) is 2.82. The van der Waals surface area contributed by atoms with Gasteiger partial charge in [0.1, 0.15) is 5.76 Å². The quantitative estimate of drug-likeness (QED) is 0.940. The number of carbonyl (C=O) groups is 2. The topological polar surface area (TPSA) is 62.6 Å². The molecule has 23 heavy (non-hydrogen) atoms. The normalized spacial score (nSPS) is 15.7. The average Bonchev–Trinajstić information content (AvgIpc) is 3.16. The SMILES string of the molecule is Cc1ccc(C(=O)NC2CCN(C(=O)c3ccoc3C)CC2)s1. The van der Waals surface area contributed by atoms with Gasteiger partial charge in [-0.25, -0.2) is 0 Å². The van der Waals surface area contributed by atoms with Gasteiger partial charge >= 0.3 is 0 Å². The van der Waals surface area contributed by atoms with Crippen molar-refractivity contribution < 1.29 is 14.0 Å². The number of nitrogens with zero attached hydrogens (tertiary/aromatic N) is 1. The molecule has 0 aromatic carbocycles. The fraction of sp³-hybridized carbons (Fsp3) is 0.412. The third-order valence-electron chi connectivity index (χ3n) is 4.17. The average molecular weight is 332 g/mol. The minimum Gasteiger partial charge on any atom is -0.469 e. The van der Waals surface area contributed by atoms with Crippen LogP contribution in [0.4, 0.5) is 0 Å². The number of thiophene rings is 1. The molecular formula is C17H20N2O3S. The number of piperidine rings is 1. The van der Waals surface area contributed by atoms with Crippen molar-refractivity contribution >= 4 is 23.2 Å². The number of hydrogen-bond donors (Lipinski definition) is 1. The molecule has 2 aromatic heterocycles. The summed E-state index contributed by atoms with van der Waals surface area (Å²) < 4.78 is 5.20. The van der Waals surface area contributed by atoms with Gasteiger partial charge in [-0.15, -0.1) is 11.3 Å². The molecule has 5 nitrogen and oxygen atoms in total. The molecule has 6 heteroatoms. The molecule has 2 amide bonds. The molecule has 0 radical (unpaired) electrons. The maximum absolute atomic E-state index is 12.4. The minimum atomic E-state index is -0.0152. The molecule has 1 saturated heterocycles. The number of nitrogens with one attached hydrogen (secondary N) is 1. The van der Waals surface area contributed by atoms with Crippen LogP contribution in [0.2, 0.25) is 0 Å². The predicted octanol–water partition coefficient (Wildman–Crippen LogP) is 2.99. The van der Waals surface area contributed by atoms with Gasteiger partial charge in [-0.3, -0.25) is 9.59 Å². The summed E-state index contributed by atoms with van der Waals surface area (Å²) in [6.07, 6.45) is 3.09. The first kappa shape index (κ1) is 15.8. The first-order valence-corrected chi connectivity index (χ1v) is 8.57. The Morgan fingerprint density at radius 2 is 1.96 bits per heavy atom. The number of furan rings is 1. The Balaban J connectivity index is 1.53. The van der Waals surface area contributed by atoms with E-state index in [1.807, 2.05) is 24.0 Å². The van der Waals surface area contributed by atoms with Crippen LogP contribution in [0.3, 0.4) is 0 Å². The molecule has 3 rings (SSSR count). The lowest BCUT2D eigenvalue weighted by Crippen LogP contribution is -2.46. The third-order valence-corrected chi connectivity index (χ3v) is 5.17. The molecule has 3 heterocycles. The largest absolute Gasteiger partial charge is 0.469 e. The van der Waals surface area contributed by atoms with Crippen LogP contribution in [0, 0.1) is 13.8 Å². The van der Waals surface area contributed by atoms with Gasteiger partial charge in [0.05, 0.1) is 16.7 Å². The minimum absolute atomic E-state index is 0.00917. The number of hydrogen-bond acceptors (Lipinski definition) is 4. The highest BCUT2D eigenvalue weighted by Crippen LogP contribution is 2.19. The molecule has 0 atom stereocenters. The van der Waals surface area contributed by atoms with E-state index in [4.69, 9.17) is 4.42 Å². The molecule has 1 aliphatic rings. The van der Waals surface area contributed by atoms with E-state index in [0.717, 1.165) is 22.6 Å². The van der Waals surface area contributed by atoms with E-state index < -0.39 is 0 Å². The zero-order valence-electron chi connectivity index (χ0n) is 13.3. The van der Waals surface area contributed by atoms with Crippen LogP contribution in [0.1, 0.15) is 43.5 Å². The standard InChI is InChI=1S/C17H20N2O3S/c1-11-3-4-15(23-11)16(20)18-13-5-8-19(9-6-13)17(21)14-7-10-22-12(14)2/h3-4,7,10,13H,5-6,8-9H2,1-2H3,(H,18,20). The number of carbonyl (C=O) groups excluding carboxylic acids is 2. The maximum atomic E-state index is 12.4. The molecule has 2 aromatic rings. The van der Waals surface area contributed by atoms with E-state index in [1.165, 1.54) is 11.3 Å². The Kier molecular flexibility index (Phi) is 4.52. The maximum Gasteiger partial charge on any atom is 0.261 e. The van der Waals surface area contributed by atoms with E-state index in [2.05, 4.69) is 5.32 Å². The lowest BCUT2D eigenvalue weighted by Gasteiger charge is -2.32. The lowest BCUT2D eigenvalue weighted by atomic mass is 10.0. The summed E-state index contributed by atoms with van der Waals surface area (Å²) in [5.41, 5.74) is 0.626. The molecule has 1 N–H and O–H groups in total. The summed E-state index contributed by atoms with van der Waals surface area (Å²) in [5, 5.41) is 3.07. The molecule has 1 fully saturated rings. The Morgan fingerprint density at radius 1 is 1.22 bits per heavy atom. The van der Waals surface area contributed by atoms with Crippen molar-refractivity contribution in [3.05, 3.63) is 45.5 Å². The number of rotatable bonds is 3. The van der Waals surface area contributed by atoms with Gasteiger partial charge in [-0.2, -0.15) is 0 Å². The zero-order chi connectivity index (χ0) is 16.4. The Bertz CT molecular complexity index is 711. The second kappa shape index (κ2) is 6.58. The van der Waals surface area contributed by atoms with Crippen LogP contribution in [-0.2, 0) is 0 Å². The second-order valence-electron chi connectivity index (χ2n) is 5.84. The summed E-state index contributed by atoms with van der Waals surface area (Å²) in [4.78, 5) is 28.3. The Labute approximate surface area is 139 Å². The van der Waals surface area contributed by atoms with Crippen molar-refractivity contribution in [2.75, 3.05) is 13.1 Å². The molecular weight excluding hydrogens is 312 g/mol. The Hall–Kier alpha value is -2.08. The summed E-state index contributed by atoms with van der Waals surface area (Å²) in [7, 11) is 0. The highest BCUT2D eigenvalue weighted by atomic mass is 32.1. The summed E-state index contributed by atoms with van der Waals surface area (Å²) >= 11 is 1.50. The van der Waals surface area contributed by atoms with Gasteiger partial charge in [-0.05, 0) is 44.9 Å². The second-order valence-corrected chi connectivity index (χ2v) is 7.13. The summed E-state index contributed by atoms with van der Waals surface area (Å²) in [6.45, 7) is 5.09. The summed E-state index contributed by atoms with van der Waals surface area (Å²) in [5.74, 6) is 0.645. The van der Waals surface area contributed by atoms with Gasteiger partial charge in [0.15, 0.2) is 0 Å². The zero-order valence-corrected chi connectivity index (χ0v) is 14.1. The summed E-state index contributed by atoms with van der Waals surface area (Å²) in [6, 6.07) is 5.65. The third kappa shape index (κ3) is 3.47. The van der Waals surface area contributed by atoms with Gasteiger partial charge in [0.2, 0.25) is 0 Å².